The van der Waals surface area contributed by atoms with Crippen LogP contribution in [0.4, 0.5) is 5.69 Å². The third-order valence-electron chi connectivity index (χ3n) is 4.09. The number of hydrogen-bond donors (Lipinski definition) is 1. The summed E-state index contributed by atoms with van der Waals surface area (Å²) in [6.45, 7) is 6.83. The third-order valence-corrected chi connectivity index (χ3v) is 4.09. The summed E-state index contributed by atoms with van der Waals surface area (Å²) in [4.78, 5) is 14.5. The zero-order valence-electron chi connectivity index (χ0n) is 11.5. The Morgan fingerprint density at radius 3 is 2.68 bits per heavy atom. The van der Waals surface area contributed by atoms with Gasteiger partial charge in [-0.3, -0.25) is 4.79 Å². The predicted octanol–water partition coefficient (Wildman–Crippen LogP) is 2.22. The molecule has 3 nitrogen and oxygen atoms in total. The highest BCUT2D eigenvalue weighted by Gasteiger charge is 2.32. The summed E-state index contributed by atoms with van der Waals surface area (Å²) < 4.78 is 0. The minimum Gasteiger partial charge on any atom is -0.315 e. The van der Waals surface area contributed by atoms with Crippen LogP contribution in [0.3, 0.4) is 0 Å². The van der Waals surface area contributed by atoms with E-state index >= 15 is 0 Å². The molecule has 2 aliphatic heterocycles. The summed E-state index contributed by atoms with van der Waals surface area (Å²) in [5.74, 6) is 0.497. The number of carbonyl (C=O) groups is 1. The topological polar surface area (TPSA) is 32.3 Å². The van der Waals surface area contributed by atoms with Crippen LogP contribution in [-0.4, -0.2) is 25.5 Å². The fourth-order valence-electron chi connectivity index (χ4n) is 2.99. The second kappa shape index (κ2) is 5.51. The van der Waals surface area contributed by atoms with Gasteiger partial charge in [-0.2, -0.15) is 0 Å². The predicted molar refractivity (Wildman–Crippen MR) is 80.2 cm³/mol. The van der Waals surface area contributed by atoms with Crippen molar-refractivity contribution in [1.29, 1.82) is 0 Å². The second-order valence-corrected chi connectivity index (χ2v) is 5.53. The summed E-state index contributed by atoms with van der Waals surface area (Å²) in [5.41, 5.74) is 5.11. The molecule has 0 saturated carbocycles. The lowest BCUT2D eigenvalue weighted by Gasteiger charge is -2.36. The van der Waals surface area contributed by atoms with Crippen LogP contribution in [0.5, 0.6) is 0 Å². The number of anilines is 1. The Kier molecular flexibility index (Phi) is 4.16. The van der Waals surface area contributed by atoms with Gasteiger partial charge in [-0.25, -0.2) is 0 Å². The van der Waals surface area contributed by atoms with Crippen molar-refractivity contribution in [3.8, 4) is 0 Å². The molecule has 0 atom stereocenters. The molecular formula is C15H21ClN2O. The van der Waals surface area contributed by atoms with Crippen LogP contribution < -0.4 is 10.2 Å². The lowest BCUT2D eigenvalue weighted by molar-refractivity contribution is -0.123. The van der Waals surface area contributed by atoms with E-state index in [1.165, 1.54) is 16.7 Å². The summed E-state index contributed by atoms with van der Waals surface area (Å²) in [6.07, 6.45) is 2.19. The first-order valence-electron chi connectivity index (χ1n) is 6.79. The highest BCUT2D eigenvalue weighted by Crippen LogP contribution is 2.32. The molecule has 2 aliphatic rings. The zero-order chi connectivity index (χ0) is 12.7. The average molecular weight is 281 g/mol. The van der Waals surface area contributed by atoms with Crippen LogP contribution in [0.15, 0.2) is 12.1 Å². The Morgan fingerprint density at radius 1 is 1.32 bits per heavy atom. The van der Waals surface area contributed by atoms with Gasteiger partial charge >= 0.3 is 0 Å². The van der Waals surface area contributed by atoms with Gasteiger partial charge in [0.05, 0.1) is 5.92 Å². The molecule has 1 saturated heterocycles. The molecule has 0 unspecified atom stereocenters. The molecule has 3 rings (SSSR count). The molecule has 0 radical (unpaired) electrons. The maximum Gasteiger partial charge on any atom is 0.232 e. The summed E-state index contributed by atoms with van der Waals surface area (Å²) in [5, 5.41) is 3.18. The normalized spacial score (nSPS) is 18.3. The first-order valence-corrected chi connectivity index (χ1v) is 6.79. The summed E-state index contributed by atoms with van der Waals surface area (Å²) in [6, 6.07) is 4.39. The van der Waals surface area contributed by atoms with Crippen molar-refractivity contribution in [3.63, 3.8) is 0 Å². The molecule has 1 fully saturated rings. The average Bonchev–Trinajstić information content (AvgIpc) is 2.25. The Hall–Kier alpha value is -1.06. The van der Waals surface area contributed by atoms with Crippen LogP contribution in [0.25, 0.3) is 0 Å². The second-order valence-electron chi connectivity index (χ2n) is 5.53. The van der Waals surface area contributed by atoms with Gasteiger partial charge in [-0.1, -0.05) is 6.07 Å². The highest BCUT2D eigenvalue weighted by molar-refractivity contribution is 5.97. The van der Waals surface area contributed by atoms with Crippen molar-refractivity contribution in [3.05, 3.63) is 28.8 Å². The molecule has 1 N–H and O–H groups in total. The van der Waals surface area contributed by atoms with Crippen LogP contribution in [-0.2, 0) is 11.2 Å². The number of nitrogens with one attached hydrogen (secondary N) is 1. The van der Waals surface area contributed by atoms with E-state index in [1.807, 2.05) is 4.90 Å². The van der Waals surface area contributed by atoms with Gasteiger partial charge in [0.25, 0.3) is 0 Å². The van der Waals surface area contributed by atoms with Gasteiger partial charge < -0.3 is 10.2 Å². The number of fused-ring (bicyclic) bond motifs is 1. The number of nitrogens with zero attached hydrogens (tertiary/aromatic N) is 1. The van der Waals surface area contributed by atoms with Gasteiger partial charge in [-0.15, -0.1) is 12.4 Å². The number of aryl methyl sites for hydroxylation is 2. The molecule has 2 heterocycles. The Labute approximate surface area is 120 Å². The van der Waals surface area contributed by atoms with Gasteiger partial charge in [-0.05, 0) is 49.4 Å². The van der Waals surface area contributed by atoms with E-state index in [0.717, 1.165) is 38.2 Å². The van der Waals surface area contributed by atoms with Crippen molar-refractivity contribution in [1.82, 2.24) is 5.32 Å². The molecule has 0 aliphatic carbocycles. The molecule has 104 valence electrons. The van der Waals surface area contributed by atoms with Crippen molar-refractivity contribution >= 4 is 24.0 Å². The number of amides is 1. The minimum atomic E-state index is 0. The maximum atomic E-state index is 12.5. The standard InChI is InChI=1S/C15H20N2O.ClH/c1-10-6-11(2)13-4-3-5-17(14(13)7-10)15(18)12-8-16-9-12;/h6-7,12,16H,3-5,8-9H2,1-2H3;1H. The first-order chi connectivity index (χ1) is 8.66. The highest BCUT2D eigenvalue weighted by atomic mass is 35.5. The summed E-state index contributed by atoms with van der Waals surface area (Å²) >= 11 is 0. The number of rotatable bonds is 1. The van der Waals surface area contributed by atoms with Gasteiger partial charge in [0.2, 0.25) is 5.91 Å². The van der Waals surface area contributed by atoms with E-state index in [4.69, 9.17) is 0 Å². The molecule has 4 heteroatoms. The molecule has 19 heavy (non-hydrogen) atoms. The van der Waals surface area contributed by atoms with Crippen LogP contribution in [0, 0.1) is 19.8 Å². The third kappa shape index (κ3) is 2.49. The van der Waals surface area contributed by atoms with E-state index in [2.05, 4.69) is 31.3 Å². The van der Waals surface area contributed by atoms with Crippen LogP contribution in [0.2, 0.25) is 0 Å². The molecule has 1 aromatic rings. The number of hydrogen-bond acceptors (Lipinski definition) is 2. The van der Waals surface area contributed by atoms with Gasteiger partial charge in [0.15, 0.2) is 0 Å². The lowest BCUT2D eigenvalue weighted by atomic mass is 9.93. The zero-order valence-corrected chi connectivity index (χ0v) is 12.3. The minimum absolute atomic E-state index is 0. The van der Waals surface area contributed by atoms with E-state index in [0.29, 0.717) is 5.91 Å². The van der Waals surface area contributed by atoms with E-state index in [9.17, 15) is 4.79 Å². The van der Waals surface area contributed by atoms with Crippen molar-refractivity contribution in [2.24, 2.45) is 5.92 Å². The molecule has 1 amide bonds. The largest absolute Gasteiger partial charge is 0.315 e. The molecule has 1 aromatic carbocycles. The molecule has 0 bridgehead atoms. The first kappa shape index (κ1) is 14.4. The molecular weight excluding hydrogens is 260 g/mol. The fourth-order valence-corrected chi connectivity index (χ4v) is 2.99. The Bertz CT molecular complexity index is 497. The van der Waals surface area contributed by atoms with Crippen molar-refractivity contribution in [2.45, 2.75) is 26.7 Å². The van der Waals surface area contributed by atoms with Crippen molar-refractivity contribution in [2.75, 3.05) is 24.5 Å². The molecule has 0 aromatic heterocycles. The molecule has 0 spiro atoms. The fraction of sp³-hybridized carbons (Fsp3) is 0.533. The van der Waals surface area contributed by atoms with E-state index in [-0.39, 0.29) is 18.3 Å². The lowest BCUT2D eigenvalue weighted by Crippen LogP contribution is -2.53. The monoisotopic (exact) mass is 280 g/mol. The SMILES string of the molecule is Cc1cc(C)c2c(c1)N(C(=O)C1CNC1)CCC2.Cl. The van der Waals surface area contributed by atoms with Crippen LogP contribution in [0.1, 0.15) is 23.1 Å². The van der Waals surface area contributed by atoms with Crippen molar-refractivity contribution < 1.29 is 4.79 Å². The smallest absolute Gasteiger partial charge is 0.232 e. The Balaban J connectivity index is 0.00000133. The number of halogens is 1. The summed E-state index contributed by atoms with van der Waals surface area (Å²) in [7, 11) is 0. The van der Waals surface area contributed by atoms with E-state index in [1.54, 1.807) is 0 Å². The quantitative estimate of drug-likeness (QED) is 0.856. The van der Waals surface area contributed by atoms with E-state index < -0.39 is 0 Å². The number of carbonyl (C=O) groups excluding carboxylic acids is 1. The van der Waals surface area contributed by atoms with Gasteiger partial charge in [0, 0.05) is 25.3 Å². The number of benzene rings is 1. The maximum absolute atomic E-state index is 12.5. The van der Waals surface area contributed by atoms with Crippen LogP contribution >= 0.6 is 12.4 Å². The Morgan fingerprint density at radius 2 is 2.05 bits per heavy atom. The van der Waals surface area contributed by atoms with Gasteiger partial charge in [0.1, 0.15) is 0 Å².